The SMILES string of the molecule is CNC(=O)C1(C)CN(C(C)=N)C1. The van der Waals surface area contributed by atoms with Gasteiger partial charge in [-0.1, -0.05) is 0 Å². The molecular weight excluding hydrogens is 154 g/mol. The monoisotopic (exact) mass is 169 g/mol. The summed E-state index contributed by atoms with van der Waals surface area (Å²) in [5.41, 5.74) is -0.281. The molecule has 0 radical (unpaired) electrons. The molecule has 0 saturated carbocycles. The number of rotatable bonds is 1. The summed E-state index contributed by atoms with van der Waals surface area (Å²) in [5.74, 6) is 0.608. The third-order valence-electron chi connectivity index (χ3n) is 2.33. The van der Waals surface area contributed by atoms with Crippen molar-refractivity contribution in [2.75, 3.05) is 20.1 Å². The second kappa shape index (κ2) is 2.77. The molecule has 1 amide bonds. The lowest BCUT2D eigenvalue weighted by molar-refractivity contribution is -0.136. The van der Waals surface area contributed by atoms with Crippen LogP contribution in [0.15, 0.2) is 0 Å². The van der Waals surface area contributed by atoms with Crippen molar-refractivity contribution >= 4 is 11.7 Å². The Balaban J connectivity index is 2.50. The summed E-state index contributed by atoms with van der Waals surface area (Å²) in [6, 6.07) is 0. The van der Waals surface area contributed by atoms with Crippen LogP contribution in [0.2, 0.25) is 0 Å². The predicted molar refractivity (Wildman–Crippen MR) is 47.1 cm³/mol. The van der Waals surface area contributed by atoms with Crippen molar-refractivity contribution < 1.29 is 4.79 Å². The smallest absolute Gasteiger partial charge is 0.229 e. The van der Waals surface area contributed by atoms with Crippen LogP contribution in [0.3, 0.4) is 0 Å². The molecule has 0 bridgehead atoms. The van der Waals surface area contributed by atoms with Crippen LogP contribution in [0, 0.1) is 10.8 Å². The molecule has 4 nitrogen and oxygen atoms in total. The molecule has 68 valence electrons. The van der Waals surface area contributed by atoms with E-state index in [0.717, 1.165) is 0 Å². The molecule has 2 N–H and O–H groups in total. The molecule has 4 heteroatoms. The Bertz CT molecular complexity index is 218. The van der Waals surface area contributed by atoms with E-state index < -0.39 is 0 Å². The van der Waals surface area contributed by atoms with Crippen LogP contribution in [-0.2, 0) is 4.79 Å². The van der Waals surface area contributed by atoms with Gasteiger partial charge in [0.15, 0.2) is 0 Å². The molecule has 1 saturated heterocycles. The fourth-order valence-electron chi connectivity index (χ4n) is 1.48. The van der Waals surface area contributed by atoms with Crippen LogP contribution >= 0.6 is 0 Å². The minimum Gasteiger partial charge on any atom is -0.359 e. The molecule has 1 rings (SSSR count). The number of hydrogen-bond acceptors (Lipinski definition) is 2. The van der Waals surface area contributed by atoms with Gasteiger partial charge in [-0.05, 0) is 13.8 Å². The average molecular weight is 169 g/mol. The van der Waals surface area contributed by atoms with Gasteiger partial charge in [0, 0.05) is 20.1 Å². The number of nitrogens with one attached hydrogen (secondary N) is 2. The first-order chi connectivity index (χ1) is 5.49. The van der Waals surface area contributed by atoms with E-state index in [-0.39, 0.29) is 11.3 Å². The lowest BCUT2D eigenvalue weighted by atomic mass is 9.81. The molecule has 1 aliphatic rings. The number of amidine groups is 1. The number of likely N-dealkylation sites (tertiary alicyclic amines) is 1. The standard InChI is InChI=1S/C8H15N3O/c1-6(9)11-4-8(2,5-11)7(12)10-3/h9H,4-5H2,1-3H3,(H,10,12). The van der Waals surface area contributed by atoms with Gasteiger partial charge < -0.3 is 10.2 Å². The highest BCUT2D eigenvalue weighted by molar-refractivity contribution is 5.87. The summed E-state index contributed by atoms with van der Waals surface area (Å²) in [6.45, 7) is 5.00. The highest BCUT2D eigenvalue weighted by atomic mass is 16.2. The van der Waals surface area contributed by atoms with Gasteiger partial charge in [-0.3, -0.25) is 10.2 Å². The van der Waals surface area contributed by atoms with E-state index in [0.29, 0.717) is 18.9 Å². The van der Waals surface area contributed by atoms with E-state index >= 15 is 0 Å². The van der Waals surface area contributed by atoms with Crippen LogP contribution < -0.4 is 5.32 Å². The van der Waals surface area contributed by atoms with Crippen LogP contribution in [0.4, 0.5) is 0 Å². The summed E-state index contributed by atoms with van der Waals surface area (Å²) in [5, 5.41) is 9.95. The number of hydrogen-bond donors (Lipinski definition) is 2. The molecule has 0 aromatic heterocycles. The fraction of sp³-hybridized carbons (Fsp3) is 0.750. The largest absolute Gasteiger partial charge is 0.359 e. The van der Waals surface area contributed by atoms with E-state index in [1.165, 1.54) is 0 Å². The minimum absolute atomic E-state index is 0.0694. The van der Waals surface area contributed by atoms with Crippen molar-refractivity contribution in [3.8, 4) is 0 Å². The predicted octanol–water partition coefficient (Wildman–Crippen LogP) is 0.0515. The zero-order valence-electron chi connectivity index (χ0n) is 7.77. The van der Waals surface area contributed by atoms with Crippen molar-refractivity contribution in [1.29, 1.82) is 5.41 Å². The van der Waals surface area contributed by atoms with Gasteiger partial charge in [0.1, 0.15) is 0 Å². The van der Waals surface area contributed by atoms with Gasteiger partial charge in [-0.15, -0.1) is 0 Å². The Hall–Kier alpha value is -1.06. The third kappa shape index (κ3) is 1.29. The summed E-state index contributed by atoms with van der Waals surface area (Å²) >= 11 is 0. The van der Waals surface area contributed by atoms with Crippen molar-refractivity contribution in [3.05, 3.63) is 0 Å². The summed E-state index contributed by atoms with van der Waals surface area (Å²) < 4.78 is 0. The Kier molecular flexibility index (Phi) is 2.08. The first kappa shape index (κ1) is 9.03. The van der Waals surface area contributed by atoms with Crippen LogP contribution in [0.5, 0.6) is 0 Å². The third-order valence-corrected chi connectivity index (χ3v) is 2.33. The second-order valence-electron chi connectivity index (χ2n) is 3.58. The van der Waals surface area contributed by atoms with Gasteiger partial charge in [-0.2, -0.15) is 0 Å². The van der Waals surface area contributed by atoms with Crippen LogP contribution in [0.1, 0.15) is 13.8 Å². The Labute approximate surface area is 72.4 Å². The van der Waals surface area contributed by atoms with Gasteiger partial charge in [0.2, 0.25) is 5.91 Å². The number of carbonyl (C=O) groups is 1. The van der Waals surface area contributed by atoms with Crippen LogP contribution in [-0.4, -0.2) is 36.8 Å². The average Bonchev–Trinajstić information content (AvgIpc) is 1.96. The minimum atomic E-state index is -0.281. The maximum absolute atomic E-state index is 11.3. The lowest BCUT2D eigenvalue weighted by Gasteiger charge is -2.47. The normalized spacial score (nSPS) is 19.8. The lowest BCUT2D eigenvalue weighted by Crippen LogP contribution is -2.62. The quantitative estimate of drug-likeness (QED) is 0.430. The number of amides is 1. The van der Waals surface area contributed by atoms with Crippen molar-refractivity contribution in [3.63, 3.8) is 0 Å². The highest BCUT2D eigenvalue weighted by Crippen LogP contribution is 2.29. The topological polar surface area (TPSA) is 56.2 Å². The Morgan fingerprint density at radius 1 is 1.58 bits per heavy atom. The molecule has 12 heavy (non-hydrogen) atoms. The first-order valence-electron chi connectivity index (χ1n) is 4.02. The van der Waals surface area contributed by atoms with Gasteiger partial charge >= 0.3 is 0 Å². The van der Waals surface area contributed by atoms with E-state index in [2.05, 4.69) is 5.32 Å². The first-order valence-corrected chi connectivity index (χ1v) is 4.02. The molecule has 0 aromatic carbocycles. The molecule has 1 heterocycles. The molecule has 0 unspecified atom stereocenters. The van der Waals surface area contributed by atoms with E-state index in [4.69, 9.17) is 5.41 Å². The Morgan fingerprint density at radius 2 is 2.08 bits per heavy atom. The van der Waals surface area contributed by atoms with E-state index in [1.54, 1.807) is 14.0 Å². The van der Waals surface area contributed by atoms with Gasteiger partial charge in [0.25, 0.3) is 0 Å². The van der Waals surface area contributed by atoms with E-state index in [9.17, 15) is 4.79 Å². The summed E-state index contributed by atoms with van der Waals surface area (Å²) in [4.78, 5) is 13.2. The molecule has 0 aliphatic carbocycles. The molecule has 0 atom stereocenters. The second-order valence-corrected chi connectivity index (χ2v) is 3.58. The molecule has 1 fully saturated rings. The van der Waals surface area contributed by atoms with Crippen molar-refractivity contribution in [2.45, 2.75) is 13.8 Å². The summed E-state index contributed by atoms with van der Waals surface area (Å²) in [6.07, 6.45) is 0. The zero-order chi connectivity index (χ0) is 9.35. The van der Waals surface area contributed by atoms with Gasteiger partial charge in [0.05, 0.1) is 11.3 Å². The molecule has 1 aliphatic heterocycles. The zero-order valence-corrected chi connectivity index (χ0v) is 7.77. The van der Waals surface area contributed by atoms with Gasteiger partial charge in [-0.25, -0.2) is 0 Å². The molecular formula is C8H15N3O. The van der Waals surface area contributed by atoms with Crippen molar-refractivity contribution in [2.24, 2.45) is 5.41 Å². The number of carbonyl (C=O) groups excluding carboxylic acids is 1. The fourth-order valence-corrected chi connectivity index (χ4v) is 1.48. The Morgan fingerprint density at radius 3 is 2.42 bits per heavy atom. The van der Waals surface area contributed by atoms with E-state index in [1.807, 2.05) is 11.8 Å². The maximum Gasteiger partial charge on any atom is 0.229 e. The summed E-state index contributed by atoms with van der Waals surface area (Å²) in [7, 11) is 1.65. The molecule has 0 aromatic rings. The maximum atomic E-state index is 11.3. The van der Waals surface area contributed by atoms with Crippen molar-refractivity contribution in [1.82, 2.24) is 10.2 Å². The number of nitrogens with zero attached hydrogens (tertiary/aromatic N) is 1. The highest BCUT2D eigenvalue weighted by Gasteiger charge is 2.44. The van der Waals surface area contributed by atoms with Crippen LogP contribution in [0.25, 0.3) is 0 Å². The molecule has 0 spiro atoms.